The Morgan fingerprint density at radius 2 is 0.714 bits per heavy atom. The summed E-state index contributed by atoms with van der Waals surface area (Å²) in [5.74, 6) is 0. The average molecular weight is 136 g/mol. The van der Waals surface area contributed by atoms with Crippen molar-refractivity contribution in [2.24, 2.45) is 0 Å². The second-order valence-corrected chi connectivity index (χ2v) is 0. The number of hydrogen-bond acceptors (Lipinski definition) is 5. The zero-order chi connectivity index (χ0) is 2.00. The fourth-order valence-electron chi connectivity index (χ4n) is 0. The summed E-state index contributed by atoms with van der Waals surface area (Å²) in [6.45, 7) is 0. The Morgan fingerprint density at radius 3 is 0.714 bits per heavy atom. The molecule has 0 unspecified atom stereocenters. The largest absolute Gasteiger partial charge is 2.00 e. The van der Waals surface area contributed by atoms with E-state index in [0.717, 1.165) is 0 Å². The van der Waals surface area contributed by atoms with Crippen molar-refractivity contribution in [3.8, 4) is 0 Å². The Bertz CT molecular complexity index is 8.04. The first-order valence-electron chi connectivity index (χ1n) is 0.204. The standard InChI is InChI=1S/Mg.OSi.4H2O/c;1-2;;;;/h;;4*1H2/q2*+2;;;;/p-4. The quantitative estimate of drug-likeness (QED) is 0.370. The summed E-state index contributed by atoms with van der Waals surface area (Å²) in [5, 5.41) is 0. The fraction of sp³-hybridized carbons (Fsp3) is 0. The SMILES string of the molecule is O=[Si+2].[Mg+2].[OH-].[OH-].[OH-].[OH-]. The van der Waals surface area contributed by atoms with Crippen LogP contribution in [-0.4, -0.2) is 55.1 Å². The van der Waals surface area contributed by atoms with Crippen LogP contribution >= 0.6 is 0 Å². The van der Waals surface area contributed by atoms with Crippen LogP contribution in [0.25, 0.3) is 0 Å². The van der Waals surface area contributed by atoms with Gasteiger partial charge in [-0.15, -0.1) is 0 Å². The van der Waals surface area contributed by atoms with Gasteiger partial charge in [0.05, 0.1) is 0 Å². The van der Waals surface area contributed by atoms with Crippen LogP contribution in [0.4, 0.5) is 0 Å². The molecule has 0 rings (SSSR count). The minimum atomic E-state index is 0. The van der Waals surface area contributed by atoms with Gasteiger partial charge < -0.3 is 21.9 Å². The van der Waals surface area contributed by atoms with Gasteiger partial charge in [-0.05, 0) is 0 Å². The third-order valence-corrected chi connectivity index (χ3v) is 0. The van der Waals surface area contributed by atoms with E-state index in [0.29, 0.717) is 0 Å². The van der Waals surface area contributed by atoms with Crippen molar-refractivity contribution in [1.82, 2.24) is 0 Å². The topological polar surface area (TPSA) is 137 Å². The monoisotopic (exact) mass is 136 g/mol. The van der Waals surface area contributed by atoms with Crippen molar-refractivity contribution in [2.75, 3.05) is 0 Å². The maximum absolute atomic E-state index is 8.06. The first-order chi connectivity index (χ1) is 1.00. The van der Waals surface area contributed by atoms with Crippen LogP contribution in [0.5, 0.6) is 0 Å². The van der Waals surface area contributed by atoms with Crippen LogP contribution < -0.4 is 0 Å². The molecule has 0 aromatic heterocycles. The molecule has 40 valence electrons. The summed E-state index contributed by atoms with van der Waals surface area (Å²) in [5.41, 5.74) is 0. The summed E-state index contributed by atoms with van der Waals surface area (Å²) < 4.78 is 8.06. The summed E-state index contributed by atoms with van der Waals surface area (Å²) in [6, 6.07) is 0. The van der Waals surface area contributed by atoms with Crippen LogP contribution in [-0.2, 0) is 4.46 Å². The van der Waals surface area contributed by atoms with E-state index >= 15 is 0 Å². The van der Waals surface area contributed by atoms with Gasteiger partial charge in [-0.1, -0.05) is 0 Å². The molecule has 0 radical (unpaired) electrons. The van der Waals surface area contributed by atoms with Gasteiger partial charge in [0, 0.05) is 0 Å². The first kappa shape index (κ1) is 127. The summed E-state index contributed by atoms with van der Waals surface area (Å²) >= 11 is 0. The van der Waals surface area contributed by atoms with E-state index in [4.69, 9.17) is 4.46 Å². The van der Waals surface area contributed by atoms with Crippen LogP contribution in [0.15, 0.2) is 0 Å². The Hall–Kier alpha value is 0.623. The van der Waals surface area contributed by atoms with E-state index in [2.05, 4.69) is 0 Å². The van der Waals surface area contributed by atoms with Crippen LogP contribution in [0.2, 0.25) is 0 Å². The van der Waals surface area contributed by atoms with Gasteiger partial charge in [0.15, 0.2) is 0 Å². The first-order valence-corrected chi connectivity index (χ1v) is 0.612. The summed E-state index contributed by atoms with van der Waals surface area (Å²) in [4.78, 5) is 0. The van der Waals surface area contributed by atoms with Gasteiger partial charge in [0.1, 0.15) is 0 Å². The second kappa shape index (κ2) is 539. The van der Waals surface area contributed by atoms with Gasteiger partial charge in [0.2, 0.25) is 0 Å². The normalized spacial score (nSPS) is 0.857. The molecule has 7 heteroatoms. The van der Waals surface area contributed by atoms with Gasteiger partial charge >= 0.3 is 37.6 Å². The maximum atomic E-state index is 8.06. The van der Waals surface area contributed by atoms with Crippen LogP contribution in [0, 0.1) is 0 Å². The molecule has 0 aliphatic heterocycles. The van der Waals surface area contributed by atoms with E-state index in [1.165, 1.54) is 0 Å². The van der Waals surface area contributed by atoms with E-state index in [9.17, 15) is 0 Å². The molecule has 0 fully saturated rings. The molecular formula is H4MgO5Si. The Balaban J connectivity index is -0.000000000500. The Morgan fingerprint density at radius 1 is 0.714 bits per heavy atom. The molecular weight excluding hydrogens is 132 g/mol. The van der Waals surface area contributed by atoms with Gasteiger partial charge in [0.25, 0.3) is 0 Å². The van der Waals surface area contributed by atoms with Crippen LogP contribution in [0.1, 0.15) is 0 Å². The number of hydrogen-bond donors (Lipinski definition) is 0. The zero-order valence-electron chi connectivity index (χ0n) is 3.40. The molecule has 0 amide bonds. The maximum Gasteiger partial charge on any atom is 2.00 e. The van der Waals surface area contributed by atoms with Crippen LogP contribution in [0.3, 0.4) is 0 Å². The molecule has 0 atom stereocenters. The van der Waals surface area contributed by atoms with Crippen molar-refractivity contribution in [3.63, 3.8) is 0 Å². The van der Waals surface area contributed by atoms with E-state index in [1.54, 1.807) is 10.1 Å². The molecule has 0 bridgehead atoms. The smallest absolute Gasteiger partial charge is 0.870 e. The summed E-state index contributed by atoms with van der Waals surface area (Å²) in [6.07, 6.45) is 0. The molecule has 4 N–H and O–H groups in total. The molecule has 0 aliphatic carbocycles. The molecule has 0 aromatic carbocycles. The van der Waals surface area contributed by atoms with Crippen molar-refractivity contribution >= 4 is 33.2 Å². The number of rotatable bonds is 0. The molecule has 5 nitrogen and oxygen atoms in total. The molecule has 0 saturated carbocycles. The zero-order valence-corrected chi connectivity index (χ0v) is 5.82. The Kier molecular flexibility index (Phi) is 9780. The van der Waals surface area contributed by atoms with Crippen molar-refractivity contribution in [3.05, 3.63) is 0 Å². The molecule has 0 aromatic rings. The van der Waals surface area contributed by atoms with E-state index < -0.39 is 0 Å². The predicted molar refractivity (Wildman–Crippen MR) is 19.9 cm³/mol. The van der Waals surface area contributed by atoms with Gasteiger partial charge in [-0.3, -0.25) is 0 Å². The molecule has 7 heavy (non-hydrogen) atoms. The molecule has 0 heterocycles. The second-order valence-electron chi connectivity index (χ2n) is 0. The van der Waals surface area contributed by atoms with Crippen molar-refractivity contribution < 1.29 is 26.4 Å². The van der Waals surface area contributed by atoms with Crippen molar-refractivity contribution in [1.29, 1.82) is 0 Å². The average Bonchev–Trinajstić information content (AvgIpc) is 1.00. The summed E-state index contributed by atoms with van der Waals surface area (Å²) in [7, 11) is 1.72. The van der Waals surface area contributed by atoms with E-state index in [-0.39, 0.29) is 45.0 Å². The predicted octanol–water partition coefficient (Wildman–Crippen LogP) is -1.59. The minimum absolute atomic E-state index is 0. The molecule has 0 spiro atoms. The minimum Gasteiger partial charge on any atom is -0.870 e. The van der Waals surface area contributed by atoms with Gasteiger partial charge in [-0.2, -0.15) is 0 Å². The molecule has 0 aliphatic rings. The third-order valence-electron chi connectivity index (χ3n) is 0. The Labute approximate surface area is 60.0 Å². The van der Waals surface area contributed by atoms with Gasteiger partial charge in [-0.25, -0.2) is 0 Å². The fourth-order valence-corrected chi connectivity index (χ4v) is 0. The third kappa shape index (κ3) is 365. The van der Waals surface area contributed by atoms with Crippen molar-refractivity contribution in [2.45, 2.75) is 0 Å². The van der Waals surface area contributed by atoms with E-state index in [1.807, 2.05) is 0 Å². The molecule has 0 saturated heterocycles.